The summed E-state index contributed by atoms with van der Waals surface area (Å²) in [4.78, 5) is 1.15. The van der Waals surface area contributed by atoms with Gasteiger partial charge in [-0.25, -0.2) is 0 Å². The summed E-state index contributed by atoms with van der Waals surface area (Å²) in [6.07, 6.45) is 0. The highest BCUT2D eigenvalue weighted by Gasteiger charge is 2.03. The molecule has 1 aromatic carbocycles. The number of hydrogen-bond acceptors (Lipinski definition) is 3. The fraction of sp³-hybridized carbons (Fsp3) is 0.0909. The van der Waals surface area contributed by atoms with E-state index < -0.39 is 0 Å². The Morgan fingerprint density at radius 3 is 2.81 bits per heavy atom. The highest BCUT2D eigenvalue weighted by Crippen LogP contribution is 2.27. The number of ether oxygens (including phenoxy) is 1. The van der Waals surface area contributed by atoms with Gasteiger partial charge in [0.1, 0.15) is 12.4 Å². The highest BCUT2D eigenvalue weighted by molar-refractivity contribution is 9.10. The molecular formula is C11H9BrClNOS. The van der Waals surface area contributed by atoms with Gasteiger partial charge in [0.2, 0.25) is 0 Å². The van der Waals surface area contributed by atoms with Crippen molar-refractivity contribution >= 4 is 44.6 Å². The number of nitrogens with two attached hydrogens (primary N) is 1. The van der Waals surface area contributed by atoms with Crippen LogP contribution in [0.2, 0.25) is 5.02 Å². The van der Waals surface area contributed by atoms with Gasteiger partial charge in [-0.05, 0) is 39.5 Å². The molecule has 2 aromatic rings. The van der Waals surface area contributed by atoms with Crippen LogP contribution in [0.4, 0.5) is 5.69 Å². The lowest BCUT2D eigenvalue weighted by Crippen LogP contribution is -1.94. The summed E-state index contributed by atoms with van der Waals surface area (Å²) in [6, 6.07) is 7.27. The zero-order valence-electron chi connectivity index (χ0n) is 8.24. The Hall–Kier alpha value is -0.710. The Morgan fingerprint density at radius 2 is 2.19 bits per heavy atom. The summed E-state index contributed by atoms with van der Waals surface area (Å²) in [5.41, 5.74) is 6.17. The van der Waals surface area contributed by atoms with Crippen LogP contribution in [0.5, 0.6) is 5.75 Å². The van der Waals surface area contributed by atoms with Gasteiger partial charge in [-0.1, -0.05) is 11.6 Å². The average molecular weight is 319 g/mol. The van der Waals surface area contributed by atoms with Crippen molar-refractivity contribution < 1.29 is 4.74 Å². The maximum Gasteiger partial charge on any atom is 0.124 e. The Kier molecular flexibility index (Phi) is 3.74. The van der Waals surface area contributed by atoms with E-state index in [2.05, 4.69) is 15.9 Å². The van der Waals surface area contributed by atoms with E-state index in [0.29, 0.717) is 17.3 Å². The highest BCUT2D eigenvalue weighted by atomic mass is 79.9. The Morgan fingerprint density at radius 1 is 1.38 bits per heavy atom. The molecule has 2 N–H and O–H groups in total. The van der Waals surface area contributed by atoms with Gasteiger partial charge in [0.05, 0.1) is 15.6 Å². The second-order valence-electron chi connectivity index (χ2n) is 3.16. The first-order valence-electron chi connectivity index (χ1n) is 4.56. The van der Waals surface area contributed by atoms with Crippen LogP contribution >= 0.6 is 38.9 Å². The van der Waals surface area contributed by atoms with E-state index >= 15 is 0 Å². The number of hydrogen-bond donors (Lipinski definition) is 1. The van der Waals surface area contributed by atoms with Crippen molar-refractivity contribution in [3.05, 3.63) is 44.0 Å². The molecule has 16 heavy (non-hydrogen) atoms. The fourth-order valence-corrected chi connectivity index (χ4v) is 2.72. The molecule has 0 saturated heterocycles. The van der Waals surface area contributed by atoms with E-state index in [0.717, 1.165) is 15.1 Å². The number of benzene rings is 1. The van der Waals surface area contributed by atoms with E-state index in [1.165, 1.54) is 0 Å². The number of thiophene rings is 1. The number of anilines is 1. The van der Waals surface area contributed by atoms with Crippen LogP contribution in [-0.4, -0.2) is 0 Å². The normalized spacial score (nSPS) is 10.4. The molecule has 0 aliphatic heterocycles. The molecule has 0 saturated carbocycles. The van der Waals surface area contributed by atoms with Crippen molar-refractivity contribution in [2.45, 2.75) is 6.61 Å². The Labute approximate surface area is 111 Å². The van der Waals surface area contributed by atoms with Gasteiger partial charge >= 0.3 is 0 Å². The summed E-state index contributed by atoms with van der Waals surface area (Å²) in [7, 11) is 0. The molecule has 0 unspecified atom stereocenters. The third kappa shape index (κ3) is 2.70. The van der Waals surface area contributed by atoms with Crippen molar-refractivity contribution in [3.8, 4) is 5.75 Å². The lowest BCUT2D eigenvalue weighted by atomic mass is 10.3. The summed E-state index contributed by atoms with van der Waals surface area (Å²) < 4.78 is 6.68. The second kappa shape index (κ2) is 5.08. The predicted molar refractivity (Wildman–Crippen MR) is 72.2 cm³/mol. The molecule has 0 atom stereocenters. The molecule has 0 amide bonds. The lowest BCUT2D eigenvalue weighted by molar-refractivity contribution is 0.309. The summed E-state index contributed by atoms with van der Waals surface area (Å²) in [5.74, 6) is 0.722. The van der Waals surface area contributed by atoms with Crippen LogP contribution in [0.3, 0.4) is 0 Å². The third-order valence-corrected chi connectivity index (χ3v) is 4.26. The summed E-state index contributed by atoms with van der Waals surface area (Å²) in [5, 5.41) is 2.53. The summed E-state index contributed by atoms with van der Waals surface area (Å²) in [6.45, 7) is 0.526. The first-order chi connectivity index (χ1) is 7.66. The van der Waals surface area contributed by atoms with Crippen LogP contribution in [-0.2, 0) is 6.61 Å². The molecule has 0 radical (unpaired) electrons. The van der Waals surface area contributed by atoms with Crippen LogP contribution in [0.25, 0.3) is 0 Å². The zero-order chi connectivity index (χ0) is 11.5. The van der Waals surface area contributed by atoms with Gasteiger partial charge in [0, 0.05) is 10.5 Å². The predicted octanol–water partition coefficient (Wildman–Crippen LogP) is 4.33. The van der Waals surface area contributed by atoms with E-state index in [1.807, 2.05) is 17.5 Å². The molecule has 2 nitrogen and oxygen atoms in total. The van der Waals surface area contributed by atoms with Crippen LogP contribution < -0.4 is 10.5 Å². The molecule has 0 spiro atoms. The maximum absolute atomic E-state index is 5.89. The lowest BCUT2D eigenvalue weighted by Gasteiger charge is -2.06. The molecular weight excluding hydrogens is 310 g/mol. The standard InChI is InChI=1S/C11H9BrClNOS/c12-8-3-4-16-11(8)6-15-7-1-2-10(14)9(13)5-7/h1-5H,6,14H2. The van der Waals surface area contributed by atoms with Gasteiger partial charge < -0.3 is 10.5 Å². The molecule has 0 fully saturated rings. The molecule has 5 heteroatoms. The topological polar surface area (TPSA) is 35.2 Å². The van der Waals surface area contributed by atoms with E-state index in [9.17, 15) is 0 Å². The Balaban J connectivity index is 2.05. The molecule has 2 rings (SSSR count). The van der Waals surface area contributed by atoms with Crippen molar-refractivity contribution in [1.82, 2.24) is 0 Å². The first-order valence-corrected chi connectivity index (χ1v) is 6.61. The monoisotopic (exact) mass is 317 g/mol. The van der Waals surface area contributed by atoms with Gasteiger partial charge in [0.25, 0.3) is 0 Å². The molecule has 1 heterocycles. The van der Waals surface area contributed by atoms with E-state index in [-0.39, 0.29) is 0 Å². The van der Waals surface area contributed by atoms with Crippen LogP contribution in [0.1, 0.15) is 4.88 Å². The zero-order valence-corrected chi connectivity index (χ0v) is 11.4. The molecule has 1 aromatic heterocycles. The van der Waals surface area contributed by atoms with Crippen molar-refractivity contribution in [2.75, 3.05) is 5.73 Å². The van der Waals surface area contributed by atoms with Crippen LogP contribution in [0.15, 0.2) is 34.1 Å². The first kappa shape index (κ1) is 11.8. The molecule has 0 bridgehead atoms. The smallest absolute Gasteiger partial charge is 0.124 e. The van der Waals surface area contributed by atoms with Gasteiger partial charge in [0.15, 0.2) is 0 Å². The molecule has 84 valence electrons. The fourth-order valence-electron chi connectivity index (χ4n) is 1.17. The van der Waals surface area contributed by atoms with E-state index in [4.69, 9.17) is 22.1 Å². The summed E-state index contributed by atoms with van der Waals surface area (Å²) >= 11 is 11.0. The number of halogens is 2. The van der Waals surface area contributed by atoms with Gasteiger partial charge in [-0.3, -0.25) is 0 Å². The SMILES string of the molecule is Nc1ccc(OCc2sccc2Br)cc1Cl. The number of rotatable bonds is 3. The third-order valence-electron chi connectivity index (χ3n) is 2.03. The molecule has 0 aliphatic carbocycles. The minimum absolute atomic E-state index is 0.516. The number of nitrogen functional groups attached to an aromatic ring is 1. The quantitative estimate of drug-likeness (QED) is 0.855. The minimum atomic E-state index is 0.516. The largest absolute Gasteiger partial charge is 0.488 e. The van der Waals surface area contributed by atoms with Crippen LogP contribution in [0, 0.1) is 0 Å². The van der Waals surface area contributed by atoms with Crippen molar-refractivity contribution in [3.63, 3.8) is 0 Å². The molecule has 0 aliphatic rings. The average Bonchev–Trinajstić information content (AvgIpc) is 2.66. The van der Waals surface area contributed by atoms with Crippen molar-refractivity contribution in [2.24, 2.45) is 0 Å². The van der Waals surface area contributed by atoms with Crippen molar-refractivity contribution in [1.29, 1.82) is 0 Å². The Bertz CT molecular complexity index is 500. The van der Waals surface area contributed by atoms with Gasteiger partial charge in [-0.15, -0.1) is 11.3 Å². The minimum Gasteiger partial charge on any atom is -0.488 e. The van der Waals surface area contributed by atoms with E-state index in [1.54, 1.807) is 23.5 Å². The van der Waals surface area contributed by atoms with Gasteiger partial charge in [-0.2, -0.15) is 0 Å². The maximum atomic E-state index is 5.89. The second-order valence-corrected chi connectivity index (χ2v) is 5.43.